The third-order valence-corrected chi connectivity index (χ3v) is 4.21. The van der Waals surface area contributed by atoms with Gasteiger partial charge in [-0.25, -0.2) is 0 Å². The van der Waals surface area contributed by atoms with Crippen molar-refractivity contribution in [2.45, 2.75) is 65.3 Å². The molecule has 0 aromatic heterocycles. The summed E-state index contributed by atoms with van der Waals surface area (Å²) < 4.78 is 0. The number of hydrogen-bond donors (Lipinski definition) is 2. The van der Waals surface area contributed by atoms with Crippen LogP contribution in [0.25, 0.3) is 0 Å². The Morgan fingerprint density at radius 3 is 2.44 bits per heavy atom. The molecular formula is C14H26N2OS. The van der Waals surface area contributed by atoms with E-state index < -0.39 is 0 Å². The number of nitrogens with two attached hydrogens (primary N) is 1. The van der Waals surface area contributed by atoms with Crippen LogP contribution in [0.3, 0.4) is 0 Å². The molecule has 1 atom stereocenters. The van der Waals surface area contributed by atoms with Gasteiger partial charge in [-0.1, -0.05) is 39.4 Å². The van der Waals surface area contributed by atoms with E-state index in [2.05, 4.69) is 19.2 Å². The van der Waals surface area contributed by atoms with Gasteiger partial charge in [0.05, 0.1) is 10.9 Å². The molecule has 1 unspecified atom stereocenters. The molecular weight excluding hydrogens is 244 g/mol. The summed E-state index contributed by atoms with van der Waals surface area (Å²) in [6.45, 7) is 6.63. The topological polar surface area (TPSA) is 55.1 Å². The molecule has 104 valence electrons. The molecule has 0 radical (unpaired) electrons. The lowest BCUT2D eigenvalue weighted by atomic mass is 9.75. The Morgan fingerprint density at radius 1 is 1.44 bits per heavy atom. The lowest BCUT2D eigenvalue weighted by Gasteiger charge is -2.35. The van der Waals surface area contributed by atoms with Crippen molar-refractivity contribution in [3.8, 4) is 0 Å². The molecule has 0 bridgehead atoms. The van der Waals surface area contributed by atoms with Gasteiger partial charge in [0, 0.05) is 6.04 Å². The molecule has 0 saturated heterocycles. The van der Waals surface area contributed by atoms with E-state index in [9.17, 15) is 4.79 Å². The van der Waals surface area contributed by atoms with E-state index in [1.807, 2.05) is 6.92 Å². The molecule has 0 aromatic carbocycles. The van der Waals surface area contributed by atoms with E-state index in [-0.39, 0.29) is 11.8 Å². The van der Waals surface area contributed by atoms with Crippen molar-refractivity contribution in [1.29, 1.82) is 0 Å². The molecule has 0 aliphatic heterocycles. The lowest BCUT2D eigenvalue weighted by molar-refractivity contribution is -0.124. The van der Waals surface area contributed by atoms with E-state index >= 15 is 0 Å². The van der Waals surface area contributed by atoms with Gasteiger partial charge in [0.25, 0.3) is 0 Å². The zero-order valence-corrected chi connectivity index (χ0v) is 12.6. The molecule has 0 heterocycles. The minimum Gasteiger partial charge on any atom is -0.393 e. The first-order chi connectivity index (χ1) is 8.35. The molecule has 0 spiro atoms. The maximum Gasteiger partial charge on any atom is 0.230 e. The number of carbonyl (C=O) groups excluding carboxylic acids is 1. The van der Waals surface area contributed by atoms with Crippen molar-refractivity contribution in [2.24, 2.45) is 17.1 Å². The van der Waals surface area contributed by atoms with Crippen LogP contribution in [0.15, 0.2) is 0 Å². The van der Waals surface area contributed by atoms with Crippen molar-refractivity contribution in [3.63, 3.8) is 0 Å². The molecule has 3 N–H and O–H groups in total. The number of hydrogen-bond acceptors (Lipinski definition) is 2. The molecule has 1 saturated carbocycles. The predicted octanol–water partition coefficient (Wildman–Crippen LogP) is 2.77. The Morgan fingerprint density at radius 2 is 2.00 bits per heavy atom. The fraction of sp³-hybridized carbons (Fsp3) is 0.857. The molecule has 1 fully saturated rings. The van der Waals surface area contributed by atoms with Crippen LogP contribution in [0.1, 0.15) is 59.3 Å². The molecule has 1 aliphatic carbocycles. The minimum atomic E-state index is -0.292. The van der Waals surface area contributed by atoms with Crippen molar-refractivity contribution in [2.75, 3.05) is 0 Å². The molecule has 3 nitrogen and oxygen atoms in total. The quantitative estimate of drug-likeness (QED) is 0.755. The van der Waals surface area contributed by atoms with Gasteiger partial charge in [0.2, 0.25) is 5.91 Å². The Labute approximate surface area is 116 Å². The highest BCUT2D eigenvalue weighted by molar-refractivity contribution is 7.80. The van der Waals surface area contributed by atoms with Crippen molar-refractivity contribution in [1.82, 2.24) is 5.32 Å². The minimum absolute atomic E-state index is 0.0223. The fourth-order valence-electron chi connectivity index (χ4n) is 2.54. The maximum atomic E-state index is 12.1. The van der Waals surface area contributed by atoms with E-state index in [0.717, 1.165) is 25.7 Å². The summed E-state index contributed by atoms with van der Waals surface area (Å²) >= 11 is 4.98. The largest absolute Gasteiger partial charge is 0.393 e. The summed E-state index contributed by atoms with van der Waals surface area (Å²) in [6.07, 6.45) is 6.14. The van der Waals surface area contributed by atoms with E-state index in [1.54, 1.807) is 0 Å². The van der Waals surface area contributed by atoms with Crippen LogP contribution in [0.2, 0.25) is 0 Å². The first kappa shape index (κ1) is 15.4. The molecule has 4 heteroatoms. The number of rotatable bonds is 5. The van der Waals surface area contributed by atoms with Crippen LogP contribution in [0.4, 0.5) is 0 Å². The van der Waals surface area contributed by atoms with E-state index in [0.29, 0.717) is 16.4 Å². The first-order valence-electron chi connectivity index (χ1n) is 6.95. The third-order valence-electron chi connectivity index (χ3n) is 3.92. The van der Waals surface area contributed by atoms with Crippen LogP contribution in [-0.2, 0) is 4.79 Å². The Hall–Kier alpha value is -0.640. The van der Waals surface area contributed by atoms with Gasteiger partial charge in [-0.15, -0.1) is 0 Å². The summed E-state index contributed by atoms with van der Waals surface area (Å²) in [5, 5.41) is 3.12. The molecule has 18 heavy (non-hydrogen) atoms. The zero-order chi connectivity index (χ0) is 13.8. The summed E-state index contributed by atoms with van der Waals surface area (Å²) in [7, 11) is 0. The van der Waals surface area contributed by atoms with Crippen molar-refractivity contribution in [3.05, 3.63) is 0 Å². The van der Waals surface area contributed by atoms with Crippen LogP contribution >= 0.6 is 12.2 Å². The summed E-state index contributed by atoms with van der Waals surface area (Å²) in [5.74, 6) is -0.269. The Kier molecular flexibility index (Phi) is 5.57. The van der Waals surface area contributed by atoms with Crippen LogP contribution in [-0.4, -0.2) is 16.9 Å². The number of nitrogens with one attached hydrogen (secondary N) is 1. The van der Waals surface area contributed by atoms with Crippen molar-refractivity contribution >= 4 is 23.1 Å². The first-order valence-corrected chi connectivity index (χ1v) is 7.36. The fourth-order valence-corrected chi connectivity index (χ4v) is 2.76. The van der Waals surface area contributed by atoms with Crippen LogP contribution in [0.5, 0.6) is 0 Å². The molecule has 1 rings (SSSR count). The smallest absolute Gasteiger partial charge is 0.230 e. The second-order valence-corrected chi connectivity index (χ2v) is 6.66. The number of amides is 1. The van der Waals surface area contributed by atoms with Crippen LogP contribution in [0, 0.1) is 11.3 Å². The average Bonchev–Trinajstić information content (AvgIpc) is 2.28. The van der Waals surface area contributed by atoms with Gasteiger partial charge in [-0.3, -0.25) is 4.79 Å². The number of thiocarbonyl (C=S) groups is 1. The molecule has 1 aliphatic rings. The normalized spacial score (nSPS) is 21.3. The molecule has 1 amide bonds. The molecule has 0 aromatic rings. The van der Waals surface area contributed by atoms with Gasteiger partial charge in [0.15, 0.2) is 0 Å². The van der Waals surface area contributed by atoms with Gasteiger partial charge in [-0.05, 0) is 37.5 Å². The highest BCUT2D eigenvalue weighted by Crippen LogP contribution is 2.35. The highest BCUT2D eigenvalue weighted by atomic mass is 32.1. The standard InChI is InChI=1S/C14H26N2OS/c1-4-5-11(12(15)18)13(17)16-10-6-8-14(2,3)9-7-10/h10-11H,4-9H2,1-3H3,(H2,15,18)(H,16,17). The van der Waals surface area contributed by atoms with Gasteiger partial charge in [0.1, 0.15) is 0 Å². The second kappa shape index (κ2) is 6.50. The van der Waals surface area contributed by atoms with Crippen LogP contribution < -0.4 is 11.1 Å². The van der Waals surface area contributed by atoms with Gasteiger partial charge < -0.3 is 11.1 Å². The van der Waals surface area contributed by atoms with E-state index in [4.69, 9.17) is 18.0 Å². The third kappa shape index (κ3) is 4.56. The second-order valence-electron chi connectivity index (χ2n) is 6.19. The van der Waals surface area contributed by atoms with E-state index in [1.165, 1.54) is 12.8 Å². The van der Waals surface area contributed by atoms with Crippen molar-refractivity contribution < 1.29 is 4.79 Å². The Balaban J connectivity index is 2.47. The zero-order valence-electron chi connectivity index (χ0n) is 11.8. The van der Waals surface area contributed by atoms with Gasteiger partial charge in [-0.2, -0.15) is 0 Å². The number of carbonyl (C=O) groups is 1. The van der Waals surface area contributed by atoms with Gasteiger partial charge >= 0.3 is 0 Å². The predicted molar refractivity (Wildman–Crippen MR) is 79.4 cm³/mol. The summed E-state index contributed by atoms with van der Waals surface area (Å²) in [4.78, 5) is 12.5. The monoisotopic (exact) mass is 270 g/mol. The summed E-state index contributed by atoms with van der Waals surface area (Å²) in [6, 6.07) is 0.305. The SMILES string of the molecule is CCCC(C(=O)NC1CCC(C)(C)CC1)C(N)=S. The summed E-state index contributed by atoms with van der Waals surface area (Å²) in [5.41, 5.74) is 6.07. The maximum absolute atomic E-state index is 12.1. The highest BCUT2D eigenvalue weighted by Gasteiger charge is 2.29. The average molecular weight is 270 g/mol. The lowest BCUT2D eigenvalue weighted by Crippen LogP contribution is -2.45. The Bertz CT molecular complexity index is 305.